The van der Waals surface area contributed by atoms with E-state index in [1.54, 1.807) is 0 Å². The Balaban J connectivity index is 2.34. The molecule has 0 radical (unpaired) electrons. The van der Waals surface area contributed by atoms with Crippen LogP contribution in [0.1, 0.15) is 44.9 Å². The molecule has 1 rings (SSSR count). The van der Waals surface area contributed by atoms with Crippen molar-refractivity contribution in [2.45, 2.75) is 51.0 Å². The molecule has 1 atom stereocenters. The summed E-state index contributed by atoms with van der Waals surface area (Å²) in [4.78, 5) is 10.5. The SMILES string of the molecule is N[C@H](CC(=O)O)C1CCCCCC1. The first kappa shape index (κ1) is 10.5. The minimum atomic E-state index is -0.767. The van der Waals surface area contributed by atoms with Crippen LogP contribution in [-0.4, -0.2) is 17.1 Å². The van der Waals surface area contributed by atoms with Crippen LogP contribution in [0.15, 0.2) is 0 Å². The molecular formula is C10H19NO2. The van der Waals surface area contributed by atoms with Gasteiger partial charge in [-0.3, -0.25) is 4.79 Å². The molecular weight excluding hydrogens is 166 g/mol. The second-order valence-corrected chi connectivity index (χ2v) is 4.01. The molecule has 3 heteroatoms. The van der Waals surface area contributed by atoms with Crippen molar-refractivity contribution in [3.05, 3.63) is 0 Å². The van der Waals surface area contributed by atoms with E-state index < -0.39 is 5.97 Å². The summed E-state index contributed by atoms with van der Waals surface area (Å²) in [6.45, 7) is 0. The van der Waals surface area contributed by atoms with E-state index in [1.165, 1.54) is 25.7 Å². The average Bonchev–Trinajstić information content (AvgIpc) is 2.29. The van der Waals surface area contributed by atoms with E-state index in [4.69, 9.17) is 10.8 Å². The number of carboxylic acid groups (broad SMARTS) is 1. The van der Waals surface area contributed by atoms with Gasteiger partial charge in [0.15, 0.2) is 0 Å². The van der Waals surface area contributed by atoms with Crippen LogP contribution in [0.2, 0.25) is 0 Å². The zero-order valence-electron chi connectivity index (χ0n) is 8.04. The van der Waals surface area contributed by atoms with Gasteiger partial charge in [0.2, 0.25) is 0 Å². The lowest BCUT2D eigenvalue weighted by molar-refractivity contribution is -0.137. The normalized spacial score (nSPS) is 22.2. The van der Waals surface area contributed by atoms with E-state index in [0.29, 0.717) is 5.92 Å². The Morgan fingerprint density at radius 3 is 2.31 bits per heavy atom. The Hall–Kier alpha value is -0.570. The maximum atomic E-state index is 10.5. The van der Waals surface area contributed by atoms with E-state index in [9.17, 15) is 4.79 Å². The molecule has 0 aromatic heterocycles. The molecule has 1 aliphatic carbocycles. The molecule has 0 aromatic rings. The van der Waals surface area contributed by atoms with E-state index in [1.807, 2.05) is 0 Å². The molecule has 0 amide bonds. The molecule has 1 fully saturated rings. The lowest BCUT2D eigenvalue weighted by atomic mass is 9.90. The summed E-state index contributed by atoms with van der Waals surface area (Å²) in [5.41, 5.74) is 5.84. The van der Waals surface area contributed by atoms with Gasteiger partial charge >= 0.3 is 5.97 Å². The Bertz CT molecular complexity index is 162. The van der Waals surface area contributed by atoms with Gasteiger partial charge in [-0.05, 0) is 18.8 Å². The first-order chi connectivity index (χ1) is 6.20. The highest BCUT2D eigenvalue weighted by molar-refractivity contribution is 5.67. The number of rotatable bonds is 3. The Labute approximate surface area is 79.3 Å². The first-order valence-electron chi connectivity index (χ1n) is 5.17. The van der Waals surface area contributed by atoms with Crippen molar-refractivity contribution in [1.29, 1.82) is 0 Å². The van der Waals surface area contributed by atoms with Crippen molar-refractivity contribution in [2.24, 2.45) is 11.7 Å². The lowest BCUT2D eigenvalue weighted by Gasteiger charge is -2.20. The average molecular weight is 185 g/mol. The Kier molecular flexibility index (Phi) is 4.22. The maximum absolute atomic E-state index is 10.5. The Morgan fingerprint density at radius 1 is 1.31 bits per heavy atom. The molecule has 0 aromatic carbocycles. The largest absolute Gasteiger partial charge is 0.481 e. The summed E-state index contributed by atoms with van der Waals surface area (Å²) >= 11 is 0. The molecule has 13 heavy (non-hydrogen) atoms. The van der Waals surface area contributed by atoms with Crippen LogP contribution in [0.3, 0.4) is 0 Å². The maximum Gasteiger partial charge on any atom is 0.304 e. The van der Waals surface area contributed by atoms with Gasteiger partial charge in [0.1, 0.15) is 0 Å². The summed E-state index contributed by atoms with van der Waals surface area (Å²) in [5, 5.41) is 8.60. The first-order valence-corrected chi connectivity index (χ1v) is 5.17. The molecule has 0 heterocycles. The topological polar surface area (TPSA) is 63.3 Å². The summed E-state index contributed by atoms with van der Waals surface area (Å²) in [6.07, 6.45) is 7.39. The van der Waals surface area contributed by atoms with Gasteiger partial charge in [-0.25, -0.2) is 0 Å². The third-order valence-electron chi connectivity index (χ3n) is 2.92. The molecule has 1 saturated carbocycles. The van der Waals surface area contributed by atoms with Crippen molar-refractivity contribution in [3.8, 4) is 0 Å². The van der Waals surface area contributed by atoms with E-state index >= 15 is 0 Å². The molecule has 1 aliphatic rings. The van der Waals surface area contributed by atoms with Gasteiger partial charge in [0.05, 0.1) is 6.42 Å². The fourth-order valence-corrected chi connectivity index (χ4v) is 2.11. The molecule has 0 spiro atoms. The highest BCUT2D eigenvalue weighted by atomic mass is 16.4. The number of hydrogen-bond acceptors (Lipinski definition) is 2. The predicted octanol–water partition coefficient (Wildman–Crippen LogP) is 1.76. The van der Waals surface area contributed by atoms with Crippen LogP contribution in [0.25, 0.3) is 0 Å². The van der Waals surface area contributed by atoms with Gasteiger partial charge in [-0.15, -0.1) is 0 Å². The second-order valence-electron chi connectivity index (χ2n) is 4.01. The van der Waals surface area contributed by atoms with Gasteiger partial charge < -0.3 is 10.8 Å². The van der Waals surface area contributed by atoms with E-state index in [0.717, 1.165) is 12.8 Å². The molecule has 3 N–H and O–H groups in total. The van der Waals surface area contributed by atoms with Crippen LogP contribution < -0.4 is 5.73 Å². The van der Waals surface area contributed by atoms with E-state index in [-0.39, 0.29) is 12.5 Å². The van der Waals surface area contributed by atoms with Crippen LogP contribution in [0.4, 0.5) is 0 Å². The zero-order valence-corrected chi connectivity index (χ0v) is 8.04. The van der Waals surface area contributed by atoms with Crippen molar-refractivity contribution < 1.29 is 9.90 Å². The third-order valence-corrected chi connectivity index (χ3v) is 2.92. The number of aliphatic carboxylic acids is 1. The van der Waals surface area contributed by atoms with Crippen LogP contribution in [0, 0.1) is 5.92 Å². The van der Waals surface area contributed by atoms with Gasteiger partial charge in [0.25, 0.3) is 0 Å². The standard InChI is InChI=1S/C10H19NO2/c11-9(7-10(12)13)8-5-3-1-2-4-6-8/h8-9H,1-7,11H2,(H,12,13)/t9-/m1/s1. The number of hydrogen-bond donors (Lipinski definition) is 2. The van der Waals surface area contributed by atoms with Crippen molar-refractivity contribution in [2.75, 3.05) is 0 Å². The molecule has 0 saturated heterocycles. The minimum absolute atomic E-state index is 0.129. The second kappa shape index (κ2) is 5.22. The number of nitrogens with two attached hydrogens (primary N) is 1. The molecule has 0 bridgehead atoms. The predicted molar refractivity (Wildman–Crippen MR) is 51.4 cm³/mol. The Morgan fingerprint density at radius 2 is 1.85 bits per heavy atom. The summed E-state index contributed by atoms with van der Waals surface area (Å²) in [6, 6.07) is -0.129. The number of carboxylic acids is 1. The highest BCUT2D eigenvalue weighted by Gasteiger charge is 2.21. The zero-order chi connectivity index (χ0) is 9.68. The van der Waals surface area contributed by atoms with Crippen molar-refractivity contribution in [3.63, 3.8) is 0 Å². The quantitative estimate of drug-likeness (QED) is 0.658. The highest BCUT2D eigenvalue weighted by Crippen LogP contribution is 2.25. The van der Waals surface area contributed by atoms with Gasteiger partial charge in [-0.2, -0.15) is 0 Å². The summed E-state index contributed by atoms with van der Waals surface area (Å²) in [7, 11) is 0. The molecule has 3 nitrogen and oxygen atoms in total. The van der Waals surface area contributed by atoms with E-state index in [2.05, 4.69) is 0 Å². The third kappa shape index (κ3) is 3.77. The minimum Gasteiger partial charge on any atom is -0.481 e. The van der Waals surface area contributed by atoms with Gasteiger partial charge in [0, 0.05) is 6.04 Å². The fraction of sp³-hybridized carbons (Fsp3) is 0.900. The summed E-state index contributed by atoms with van der Waals surface area (Å²) < 4.78 is 0. The summed E-state index contributed by atoms with van der Waals surface area (Å²) in [5.74, 6) is -0.324. The smallest absolute Gasteiger partial charge is 0.304 e. The number of carbonyl (C=O) groups is 1. The fourth-order valence-electron chi connectivity index (χ4n) is 2.11. The van der Waals surface area contributed by atoms with Crippen LogP contribution >= 0.6 is 0 Å². The van der Waals surface area contributed by atoms with Gasteiger partial charge in [-0.1, -0.05) is 25.7 Å². The monoisotopic (exact) mass is 185 g/mol. The molecule has 0 unspecified atom stereocenters. The lowest BCUT2D eigenvalue weighted by Crippen LogP contribution is -2.32. The van der Waals surface area contributed by atoms with Crippen molar-refractivity contribution >= 4 is 5.97 Å². The molecule has 76 valence electrons. The van der Waals surface area contributed by atoms with Crippen LogP contribution in [0.5, 0.6) is 0 Å². The van der Waals surface area contributed by atoms with Crippen LogP contribution in [-0.2, 0) is 4.79 Å². The van der Waals surface area contributed by atoms with Crippen molar-refractivity contribution in [1.82, 2.24) is 0 Å². The molecule has 0 aliphatic heterocycles.